The highest BCUT2D eigenvalue weighted by molar-refractivity contribution is 5.82. The van der Waals surface area contributed by atoms with E-state index in [1.807, 2.05) is 67.6 Å². The molecule has 0 saturated carbocycles. The van der Waals surface area contributed by atoms with Gasteiger partial charge in [0.2, 0.25) is 11.8 Å². The van der Waals surface area contributed by atoms with Crippen molar-refractivity contribution >= 4 is 11.8 Å². The van der Waals surface area contributed by atoms with Crippen molar-refractivity contribution in [3.8, 4) is 11.5 Å². The van der Waals surface area contributed by atoms with Crippen LogP contribution >= 0.6 is 0 Å². The molecular formula is C26H28N2O4. The second-order valence-electron chi connectivity index (χ2n) is 7.24. The SMILES string of the molecule is CCOc1cc(C(NC(=O)Cc2ccccc2)NC(=O)Cc2ccccc2)ccc1OC. The summed E-state index contributed by atoms with van der Waals surface area (Å²) in [5.41, 5.74) is 2.48. The van der Waals surface area contributed by atoms with E-state index >= 15 is 0 Å². The van der Waals surface area contributed by atoms with Crippen molar-refractivity contribution < 1.29 is 19.1 Å². The molecule has 0 aliphatic carbocycles. The first-order chi connectivity index (χ1) is 15.6. The molecule has 0 atom stereocenters. The minimum Gasteiger partial charge on any atom is -0.493 e. The Morgan fingerprint density at radius 2 is 1.31 bits per heavy atom. The van der Waals surface area contributed by atoms with Gasteiger partial charge in [-0.3, -0.25) is 9.59 Å². The minimum absolute atomic E-state index is 0.199. The highest BCUT2D eigenvalue weighted by Crippen LogP contribution is 2.30. The number of rotatable bonds is 10. The molecule has 0 unspecified atom stereocenters. The molecule has 0 radical (unpaired) electrons. The molecule has 6 nitrogen and oxygen atoms in total. The number of hydrogen-bond acceptors (Lipinski definition) is 4. The Bertz CT molecular complexity index is 967. The van der Waals surface area contributed by atoms with Crippen molar-refractivity contribution in [1.82, 2.24) is 10.6 Å². The number of benzene rings is 3. The number of nitrogens with one attached hydrogen (secondary N) is 2. The van der Waals surface area contributed by atoms with Gasteiger partial charge in [0.1, 0.15) is 6.17 Å². The monoisotopic (exact) mass is 432 g/mol. The maximum absolute atomic E-state index is 12.8. The largest absolute Gasteiger partial charge is 0.493 e. The average Bonchev–Trinajstić information content (AvgIpc) is 2.80. The van der Waals surface area contributed by atoms with E-state index in [9.17, 15) is 9.59 Å². The second kappa shape index (κ2) is 11.6. The topological polar surface area (TPSA) is 76.7 Å². The molecule has 6 heteroatoms. The van der Waals surface area contributed by atoms with Gasteiger partial charge < -0.3 is 20.1 Å². The van der Waals surface area contributed by atoms with Crippen LogP contribution in [0.4, 0.5) is 0 Å². The number of carbonyl (C=O) groups excluding carboxylic acids is 2. The second-order valence-corrected chi connectivity index (χ2v) is 7.24. The van der Waals surface area contributed by atoms with Crippen molar-refractivity contribution in [1.29, 1.82) is 0 Å². The molecular weight excluding hydrogens is 404 g/mol. The first kappa shape index (κ1) is 22.9. The summed E-state index contributed by atoms with van der Waals surface area (Å²) in [6, 6.07) is 24.3. The van der Waals surface area contributed by atoms with Crippen LogP contribution in [0.25, 0.3) is 0 Å². The van der Waals surface area contributed by atoms with Crippen LogP contribution in [0, 0.1) is 0 Å². The lowest BCUT2D eigenvalue weighted by Crippen LogP contribution is -2.42. The zero-order chi connectivity index (χ0) is 22.8. The van der Waals surface area contributed by atoms with Crippen LogP contribution in [-0.4, -0.2) is 25.5 Å². The number of carbonyl (C=O) groups is 2. The third-order valence-corrected chi connectivity index (χ3v) is 4.85. The number of methoxy groups -OCH3 is 1. The van der Waals surface area contributed by atoms with Gasteiger partial charge >= 0.3 is 0 Å². The Morgan fingerprint density at radius 3 is 1.78 bits per heavy atom. The maximum Gasteiger partial charge on any atom is 0.226 e. The van der Waals surface area contributed by atoms with Crippen molar-refractivity contribution in [3.63, 3.8) is 0 Å². The lowest BCUT2D eigenvalue weighted by molar-refractivity contribution is -0.123. The Labute approximate surface area is 188 Å². The summed E-state index contributed by atoms with van der Waals surface area (Å²) in [4.78, 5) is 25.5. The molecule has 0 bridgehead atoms. The number of hydrogen-bond donors (Lipinski definition) is 2. The summed E-state index contributed by atoms with van der Waals surface area (Å²) in [6.07, 6.45) is -0.298. The highest BCUT2D eigenvalue weighted by Gasteiger charge is 2.19. The standard InChI is InChI=1S/C26H28N2O4/c1-3-32-23-18-21(14-15-22(23)31-2)26(27-24(29)16-19-10-6-4-7-11-19)28-25(30)17-20-12-8-5-9-13-20/h4-15,18,26H,3,16-17H2,1-2H3,(H,27,29)(H,28,30). The van der Waals surface area contributed by atoms with Gasteiger partial charge in [0.25, 0.3) is 0 Å². The van der Waals surface area contributed by atoms with Crippen LogP contribution in [0.3, 0.4) is 0 Å². The molecule has 3 aromatic rings. The van der Waals surface area contributed by atoms with E-state index in [-0.39, 0.29) is 24.7 Å². The zero-order valence-electron chi connectivity index (χ0n) is 18.3. The molecule has 0 aliphatic rings. The van der Waals surface area contributed by atoms with Gasteiger partial charge in [-0.1, -0.05) is 66.7 Å². The molecule has 0 heterocycles. The summed E-state index contributed by atoms with van der Waals surface area (Å²) < 4.78 is 11.0. The average molecular weight is 433 g/mol. The molecule has 3 rings (SSSR count). The van der Waals surface area contributed by atoms with Crippen molar-refractivity contribution in [3.05, 3.63) is 95.6 Å². The van der Waals surface area contributed by atoms with Gasteiger partial charge in [-0.25, -0.2) is 0 Å². The number of ether oxygens (including phenoxy) is 2. The molecule has 32 heavy (non-hydrogen) atoms. The van der Waals surface area contributed by atoms with Gasteiger partial charge in [0.05, 0.1) is 26.6 Å². The van der Waals surface area contributed by atoms with Crippen LogP contribution < -0.4 is 20.1 Å². The van der Waals surface area contributed by atoms with Crippen LogP contribution in [0.2, 0.25) is 0 Å². The normalized spacial score (nSPS) is 10.5. The molecule has 0 aromatic heterocycles. The number of amides is 2. The molecule has 2 N–H and O–H groups in total. The van der Waals surface area contributed by atoms with E-state index in [1.54, 1.807) is 25.3 Å². The van der Waals surface area contributed by atoms with Crippen molar-refractivity contribution in [2.45, 2.75) is 25.9 Å². The van der Waals surface area contributed by atoms with Crippen LogP contribution in [0.5, 0.6) is 11.5 Å². The van der Waals surface area contributed by atoms with Gasteiger partial charge in [0, 0.05) is 0 Å². The third-order valence-electron chi connectivity index (χ3n) is 4.85. The van der Waals surface area contributed by atoms with Crippen LogP contribution in [0.1, 0.15) is 29.8 Å². The van der Waals surface area contributed by atoms with E-state index in [4.69, 9.17) is 9.47 Å². The van der Waals surface area contributed by atoms with Crippen molar-refractivity contribution in [2.75, 3.05) is 13.7 Å². The zero-order valence-corrected chi connectivity index (χ0v) is 18.3. The fraction of sp³-hybridized carbons (Fsp3) is 0.231. The summed E-state index contributed by atoms with van der Waals surface area (Å²) in [5, 5.41) is 5.88. The van der Waals surface area contributed by atoms with E-state index in [0.717, 1.165) is 11.1 Å². The first-order valence-electron chi connectivity index (χ1n) is 10.6. The molecule has 0 fully saturated rings. The van der Waals surface area contributed by atoms with Gasteiger partial charge in [-0.2, -0.15) is 0 Å². The van der Waals surface area contributed by atoms with Crippen molar-refractivity contribution in [2.24, 2.45) is 0 Å². The van der Waals surface area contributed by atoms with E-state index in [2.05, 4.69) is 10.6 Å². The predicted octanol–water partition coefficient (Wildman–Crippen LogP) is 3.81. The van der Waals surface area contributed by atoms with Crippen LogP contribution in [0.15, 0.2) is 78.9 Å². The van der Waals surface area contributed by atoms with Gasteiger partial charge in [-0.05, 0) is 35.7 Å². The smallest absolute Gasteiger partial charge is 0.226 e. The molecule has 0 saturated heterocycles. The maximum atomic E-state index is 12.8. The van der Waals surface area contributed by atoms with E-state index < -0.39 is 6.17 Å². The molecule has 2 amide bonds. The summed E-state index contributed by atoms with van der Waals surface area (Å²) in [6.45, 7) is 2.35. The quantitative estimate of drug-likeness (QED) is 0.478. The minimum atomic E-state index is -0.715. The van der Waals surface area contributed by atoms with E-state index in [0.29, 0.717) is 23.7 Å². The predicted molar refractivity (Wildman–Crippen MR) is 123 cm³/mol. The third kappa shape index (κ3) is 6.60. The Morgan fingerprint density at radius 1 is 0.781 bits per heavy atom. The van der Waals surface area contributed by atoms with Crippen LogP contribution in [-0.2, 0) is 22.4 Å². The lowest BCUT2D eigenvalue weighted by Gasteiger charge is -2.22. The molecule has 166 valence electrons. The summed E-state index contributed by atoms with van der Waals surface area (Å²) >= 11 is 0. The summed E-state index contributed by atoms with van der Waals surface area (Å²) in [7, 11) is 1.57. The Hall–Kier alpha value is -3.80. The summed E-state index contributed by atoms with van der Waals surface area (Å²) in [5.74, 6) is 0.734. The highest BCUT2D eigenvalue weighted by atomic mass is 16.5. The Balaban J connectivity index is 1.80. The Kier molecular flexibility index (Phi) is 8.26. The van der Waals surface area contributed by atoms with Gasteiger partial charge in [-0.15, -0.1) is 0 Å². The van der Waals surface area contributed by atoms with E-state index in [1.165, 1.54) is 0 Å². The molecule has 0 aliphatic heterocycles. The molecule has 0 spiro atoms. The van der Waals surface area contributed by atoms with Gasteiger partial charge in [0.15, 0.2) is 11.5 Å². The fourth-order valence-electron chi connectivity index (χ4n) is 3.33. The fourth-order valence-corrected chi connectivity index (χ4v) is 3.33. The lowest BCUT2D eigenvalue weighted by atomic mass is 10.1. The molecule has 3 aromatic carbocycles. The first-order valence-corrected chi connectivity index (χ1v) is 10.6.